The lowest BCUT2D eigenvalue weighted by atomic mass is 10.1. The lowest BCUT2D eigenvalue weighted by molar-refractivity contribution is 0.484. The first kappa shape index (κ1) is 10.3. The quantitative estimate of drug-likeness (QED) is 0.695. The molecular formula is C11H19N2. The van der Waals surface area contributed by atoms with Crippen molar-refractivity contribution in [2.45, 2.75) is 47.1 Å². The predicted molar refractivity (Wildman–Crippen MR) is 54.6 cm³/mol. The van der Waals surface area contributed by atoms with E-state index >= 15 is 0 Å². The van der Waals surface area contributed by atoms with Crippen LogP contribution in [0.15, 0.2) is 0 Å². The van der Waals surface area contributed by atoms with E-state index < -0.39 is 0 Å². The van der Waals surface area contributed by atoms with Crippen LogP contribution in [0, 0.1) is 26.0 Å². The molecule has 0 bridgehead atoms. The molecule has 0 aromatic carbocycles. The third-order valence-electron chi connectivity index (χ3n) is 2.42. The average molecular weight is 179 g/mol. The minimum atomic E-state index is 0.793. The third kappa shape index (κ3) is 2.87. The highest BCUT2D eigenvalue weighted by molar-refractivity contribution is 5.11. The molecule has 1 heterocycles. The Balaban J connectivity index is 2.41. The minimum Gasteiger partial charge on any atom is -0.269 e. The first-order chi connectivity index (χ1) is 6.11. The molecule has 0 saturated carbocycles. The fourth-order valence-electron chi connectivity index (χ4n) is 1.35. The monoisotopic (exact) mass is 179 g/mol. The fraction of sp³-hybridized carbons (Fsp3) is 0.727. The molecule has 0 unspecified atom stereocenters. The van der Waals surface area contributed by atoms with E-state index in [0.717, 1.165) is 12.5 Å². The molecule has 0 spiro atoms. The van der Waals surface area contributed by atoms with Crippen LogP contribution in [0.4, 0.5) is 0 Å². The number of aromatic nitrogens is 2. The molecule has 0 fully saturated rings. The normalized spacial score (nSPS) is 11.2. The Morgan fingerprint density at radius 1 is 1.38 bits per heavy atom. The zero-order valence-corrected chi connectivity index (χ0v) is 9.09. The number of nitrogens with zero attached hydrogens (tertiary/aromatic N) is 2. The molecule has 2 nitrogen and oxygen atoms in total. The Morgan fingerprint density at radius 2 is 2.08 bits per heavy atom. The Bertz CT molecular complexity index is 261. The maximum atomic E-state index is 4.20. The van der Waals surface area contributed by atoms with Gasteiger partial charge in [-0.25, -0.2) is 0 Å². The molecule has 0 atom stereocenters. The molecular weight excluding hydrogens is 160 g/mol. The van der Waals surface area contributed by atoms with Gasteiger partial charge in [-0.3, -0.25) is 4.68 Å². The van der Waals surface area contributed by atoms with E-state index in [1.807, 2.05) is 0 Å². The summed E-state index contributed by atoms with van der Waals surface area (Å²) >= 11 is 0. The van der Waals surface area contributed by atoms with Crippen LogP contribution in [0.3, 0.4) is 0 Å². The average Bonchev–Trinajstić information content (AvgIpc) is 2.35. The molecule has 1 aromatic rings. The maximum absolute atomic E-state index is 4.20. The first-order valence-electron chi connectivity index (χ1n) is 5.03. The van der Waals surface area contributed by atoms with E-state index in [4.69, 9.17) is 0 Å². The molecule has 1 rings (SSSR count). The summed E-state index contributed by atoms with van der Waals surface area (Å²) in [6.07, 6.45) is 5.48. The highest BCUT2D eigenvalue weighted by Crippen LogP contribution is 2.08. The lowest BCUT2D eigenvalue weighted by Gasteiger charge is -2.06. The Kier molecular flexibility index (Phi) is 3.52. The summed E-state index contributed by atoms with van der Waals surface area (Å²) in [5.41, 5.74) is 2.42. The van der Waals surface area contributed by atoms with Crippen molar-refractivity contribution in [2.75, 3.05) is 0 Å². The van der Waals surface area contributed by atoms with Crippen LogP contribution in [-0.4, -0.2) is 9.78 Å². The van der Waals surface area contributed by atoms with E-state index in [9.17, 15) is 0 Å². The van der Waals surface area contributed by atoms with Gasteiger partial charge >= 0.3 is 0 Å². The summed E-state index contributed by atoms with van der Waals surface area (Å²) in [5.74, 6) is 0.793. The Labute approximate surface area is 81.0 Å². The van der Waals surface area contributed by atoms with Gasteiger partial charge in [0.15, 0.2) is 0 Å². The molecule has 73 valence electrons. The van der Waals surface area contributed by atoms with Crippen LogP contribution in [0.25, 0.3) is 0 Å². The predicted octanol–water partition coefficient (Wildman–Crippen LogP) is 2.74. The van der Waals surface area contributed by atoms with Crippen molar-refractivity contribution in [3.05, 3.63) is 17.5 Å². The number of aryl methyl sites for hydroxylation is 2. The molecule has 0 N–H and O–H groups in total. The van der Waals surface area contributed by atoms with Gasteiger partial charge < -0.3 is 0 Å². The summed E-state index contributed by atoms with van der Waals surface area (Å²) < 4.78 is 2.05. The van der Waals surface area contributed by atoms with Gasteiger partial charge in [-0.2, -0.15) is 5.10 Å². The summed E-state index contributed by atoms with van der Waals surface area (Å²) in [5, 5.41) is 4.20. The van der Waals surface area contributed by atoms with Crippen LogP contribution in [-0.2, 0) is 6.54 Å². The van der Waals surface area contributed by atoms with Gasteiger partial charge in [0.2, 0.25) is 0 Å². The van der Waals surface area contributed by atoms with E-state index in [1.165, 1.54) is 24.1 Å². The van der Waals surface area contributed by atoms with Gasteiger partial charge in [-0.15, -0.1) is 0 Å². The zero-order valence-electron chi connectivity index (χ0n) is 9.09. The topological polar surface area (TPSA) is 17.8 Å². The Morgan fingerprint density at radius 3 is 2.54 bits per heavy atom. The Hall–Kier alpha value is -0.790. The molecule has 0 aliphatic carbocycles. The van der Waals surface area contributed by atoms with Gasteiger partial charge in [-0.1, -0.05) is 13.8 Å². The van der Waals surface area contributed by atoms with Crippen LogP contribution in [0.5, 0.6) is 0 Å². The third-order valence-corrected chi connectivity index (χ3v) is 2.42. The second kappa shape index (κ2) is 4.45. The van der Waals surface area contributed by atoms with Crippen molar-refractivity contribution < 1.29 is 0 Å². The van der Waals surface area contributed by atoms with Crippen molar-refractivity contribution in [3.63, 3.8) is 0 Å². The molecule has 0 amide bonds. The zero-order chi connectivity index (χ0) is 9.84. The summed E-state index contributed by atoms with van der Waals surface area (Å²) in [4.78, 5) is 0. The van der Waals surface area contributed by atoms with Crippen molar-refractivity contribution in [1.82, 2.24) is 9.78 Å². The molecule has 13 heavy (non-hydrogen) atoms. The summed E-state index contributed by atoms with van der Waals surface area (Å²) in [7, 11) is 0. The molecule has 0 aliphatic heterocycles. The number of rotatable bonds is 4. The van der Waals surface area contributed by atoms with Crippen molar-refractivity contribution in [1.29, 1.82) is 0 Å². The van der Waals surface area contributed by atoms with Crippen LogP contribution >= 0.6 is 0 Å². The van der Waals surface area contributed by atoms with Gasteiger partial charge in [0, 0.05) is 12.2 Å². The van der Waals surface area contributed by atoms with Crippen molar-refractivity contribution >= 4 is 0 Å². The molecule has 2 heteroatoms. The molecule has 0 aliphatic rings. The van der Waals surface area contributed by atoms with Gasteiger partial charge in [-0.05, 0) is 38.2 Å². The molecule has 1 radical (unpaired) electrons. The van der Waals surface area contributed by atoms with Gasteiger partial charge in [0.05, 0.1) is 0 Å². The molecule has 1 aromatic heterocycles. The van der Waals surface area contributed by atoms with E-state index in [2.05, 4.69) is 43.7 Å². The summed E-state index contributed by atoms with van der Waals surface area (Å²) in [6.45, 7) is 9.71. The van der Waals surface area contributed by atoms with Crippen LogP contribution < -0.4 is 0 Å². The fourth-order valence-corrected chi connectivity index (χ4v) is 1.35. The lowest BCUT2D eigenvalue weighted by Crippen LogP contribution is -2.03. The van der Waals surface area contributed by atoms with E-state index in [1.54, 1.807) is 0 Å². The maximum Gasteiger partial charge on any atom is 0.116 e. The highest BCUT2D eigenvalue weighted by atomic mass is 15.3. The highest BCUT2D eigenvalue weighted by Gasteiger charge is 2.02. The van der Waals surface area contributed by atoms with Crippen LogP contribution in [0.1, 0.15) is 37.9 Å². The summed E-state index contributed by atoms with van der Waals surface area (Å²) in [6, 6.07) is 0. The van der Waals surface area contributed by atoms with Gasteiger partial charge in [0.1, 0.15) is 6.20 Å². The smallest absolute Gasteiger partial charge is 0.116 e. The number of hydrogen-bond acceptors (Lipinski definition) is 1. The standard InChI is InChI=1S/C11H19N2/c1-9(2)6-5-7-13-11(4)10(3)8-12-13/h9H,5-7H2,1-4H3. The van der Waals surface area contributed by atoms with Gasteiger partial charge in [0.25, 0.3) is 0 Å². The minimum absolute atomic E-state index is 0.793. The van der Waals surface area contributed by atoms with Crippen LogP contribution in [0.2, 0.25) is 0 Å². The molecule has 0 saturated heterocycles. The number of hydrogen-bond donors (Lipinski definition) is 0. The SMILES string of the molecule is Cc1[c]nn(CCCC(C)C)c1C. The van der Waals surface area contributed by atoms with Crippen molar-refractivity contribution in [3.8, 4) is 0 Å². The first-order valence-corrected chi connectivity index (χ1v) is 5.03. The largest absolute Gasteiger partial charge is 0.269 e. The second-order valence-electron chi connectivity index (χ2n) is 4.08. The van der Waals surface area contributed by atoms with E-state index in [-0.39, 0.29) is 0 Å². The van der Waals surface area contributed by atoms with E-state index in [0.29, 0.717) is 0 Å². The van der Waals surface area contributed by atoms with Crippen molar-refractivity contribution in [2.24, 2.45) is 5.92 Å². The second-order valence-corrected chi connectivity index (χ2v) is 4.08.